The number of aryl methyl sites for hydroxylation is 2. The van der Waals surface area contributed by atoms with Crippen molar-refractivity contribution in [2.24, 2.45) is 0 Å². The maximum absolute atomic E-state index is 12.1. The van der Waals surface area contributed by atoms with Crippen LogP contribution in [-0.4, -0.2) is 27.9 Å². The third kappa shape index (κ3) is 4.64. The molecule has 8 heteroatoms. The fraction of sp³-hybridized carbons (Fsp3) is 0.200. The van der Waals surface area contributed by atoms with Gasteiger partial charge >= 0.3 is 0 Å². The Morgan fingerprint density at radius 3 is 2.86 bits per heavy atom. The van der Waals surface area contributed by atoms with E-state index >= 15 is 0 Å². The molecule has 0 saturated carbocycles. The molecule has 2 N–H and O–H groups in total. The maximum atomic E-state index is 12.1. The van der Waals surface area contributed by atoms with Crippen molar-refractivity contribution in [3.8, 4) is 17.3 Å². The zero-order valence-electron chi connectivity index (χ0n) is 15.5. The van der Waals surface area contributed by atoms with Gasteiger partial charge in [-0.3, -0.25) is 9.59 Å². The molecule has 0 fully saturated rings. The molecule has 0 saturated heterocycles. The lowest BCUT2D eigenvalue weighted by molar-refractivity contribution is -0.115. The number of nitriles is 1. The fourth-order valence-electron chi connectivity index (χ4n) is 2.66. The largest absolute Gasteiger partial charge is 0.354 e. The van der Waals surface area contributed by atoms with Crippen LogP contribution in [0.2, 0.25) is 0 Å². The van der Waals surface area contributed by atoms with E-state index in [1.165, 1.54) is 11.3 Å². The van der Waals surface area contributed by atoms with Crippen LogP contribution in [0.1, 0.15) is 28.4 Å². The molecule has 2 aromatic heterocycles. The number of aromatic nitrogens is 2. The molecule has 0 radical (unpaired) electrons. The zero-order chi connectivity index (χ0) is 20.1. The van der Waals surface area contributed by atoms with Crippen LogP contribution in [0.15, 0.2) is 42.0 Å². The maximum Gasteiger partial charge on any atom is 0.253 e. The lowest BCUT2D eigenvalue weighted by Gasteiger charge is -2.04. The van der Waals surface area contributed by atoms with Crippen molar-refractivity contribution in [3.05, 3.63) is 58.7 Å². The number of carbonyl (C=O) groups excluding carboxylic acids is 2. The van der Waals surface area contributed by atoms with Crippen molar-refractivity contribution in [3.63, 3.8) is 0 Å². The third-order valence-corrected chi connectivity index (χ3v) is 4.80. The van der Waals surface area contributed by atoms with E-state index in [1.54, 1.807) is 24.4 Å². The van der Waals surface area contributed by atoms with E-state index in [0.29, 0.717) is 22.0 Å². The predicted molar refractivity (Wildman–Crippen MR) is 108 cm³/mol. The molecule has 3 rings (SSSR count). The van der Waals surface area contributed by atoms with Crippen molar-refractivity contribution in [1.29, 1.82) is 5.26 Å². The van der Waals surface area contributed by atoms with Gasteiger partial charge in [0.25, 0.3) is 5.91 Å². The molecule has 1 aromatic carbocycles. The van der Waals surface area contributed by atoms with E-state index in [0.717, 1.165) is 17.7 Å². The quantitative estimate of drug-likeness (QED) is 0.672. The molecule has 2 amide bonds. The van der Waals surface area contributed by atoms with E-state index < -0.39 is 0 Å². The fourth-order valence-corrected chi connectivity index (χ4v) is 3.39. The molecule has 28 heavy (non-hydrogen) atoms. The Hall–Kier alpha value is -3.44. The molecule has 0 aliphatic carbocycles. The van der Waals surface area contributed by atoms with E-state index in [1.807, 2.05) is 36.1 Å². The number of rotatable bonds is 6. The van der Waals surface area contributed by atoms with Crippen molar-refractivity contribution in [2.75, 3.05) is 11.9 Å². The van der Waals surface area contributed by atoms with Crippen LogP contribution in [0, 0.1) is 18.3 Å². The first-order valence-corrected chi connectivity index (χ1v) is 9.58. The van der Waals surface area contributed by atoms with Gasteiger partial charge in [-0.25, -0.2) is 4.98 Å². The number of hydrogen-bond acceptors (Lipinski definition) is 5. The highest BCUT2D eigenvalue weighted by molar-refractivity contribution is 7.14. The number of nitrogens with zero attached hydrogens (tertiary/aromatic N) is 3. The van der Waals surface area contributed by atoms with Gasteiger partial charge in [-0.15, -0.1) is 11.3 Å². The van der Waals surface area contributed by atoms with Crippen LogP contribution < -0.4 is 10.6 Å². The van der Waals surface area contributed by atoms with Crippen molar-refractivity contribution >= 4 is 28.3 Å². The molecule has 3 aromatic rings. The van der Waals surface area contributed by atoms with Gasteiger partial charge in [-0.05, 0) is 43.7 Å². The molecule has 0 spiro atoms. The van der Waals surface area contributed by atoms with Gasteiger partial charge in [0.05, 0.1) is 29.4 Å². The first kappa shape index (κ1) is 19.3. The molecule has 2 heterocycles. The van der Waals surface area contributed by atoms with Gasteiger partial charge < -0.3 is 15.2 Å². The topological polar surface area (TPSA) is 99.8 Å². The minimum absolute atomic E-state index is 0.145. The normalized spacial score (nSPS) is 10.3. The van der Waals surface area contributed by atoms with Crippen LogP contribution in [0.3, 0.4) is 0 Å². The Morgan fingerprint density at radius 2 is 2.14 bits per heavy atom. The van der Waals surface area contributed by atoms with Gasteiger partial charge in [0.2, 0.25) is 5.91 Å². The second-order valence-electron chi connectivity index (χ2n) is 6.20. The van der Waals surface area contributed by atoms with E-state index in [-0.39, 0.29) is 18.4 Å². The minimum Gasteiger partial charge on any atom is -0.354 e. The number of nitrogens with one attached hydrogen (secondary N) is 2. The smallest absolute Gasteiger partial charge is 0.253 e. The first-order chi connectivity index (χ1) is 13.5. The number of benzene rings is 1. The number of anilines is 1. The molecular weight excluding hydrogens is 374 g/mol. The van der Waals surface area contributed by atoms with Gasteiger partial charge in [-0.2, -0.15) is 5.26 Å². The van der Waals surface area contributed by atoms with Crippen LogP contribution >= 0.6 is 11.3 Å². The van der Waals surface area contributed by atoms with E-state index in [2.05, 4.69) is 21.7 Å². The monoisotopic (exact) mass is 393 g/mol. The summed E-state index contributed by atoms with van der Waals surface area (Å²) in [6.07, 6.45) is 3.55. The highest BCUT2D eigenvalue weighted by Crippen LogP contribution is 2.26. The van der Waals surface area contributed by atoms with Crippen LogP contribution in [0.5, 0.6) is 0 Å². The van der Waals surface area contributed by atoms with Crippen LogP contribution in [0.25, 0.3) is 11.3 Å². The Balaban J connectivity index is 1.59. The SMILES string of the molecule is CCn1ccc(C(=O)NCC(=O)Nc2nc(-c3cc(C)cc(C#N)c3)cs2)c1. The Kier molecular flexibility index (Phi) is 5.87. The Bertz CT molecular complexity index is 1060. The first-order valence-electron chi connectivity index (χ1n) is 8.70. The molecular formula is C20H19N5O2S. The van der Waals surface area contributed by atoms with Crippen molar-refractivity contribution in [2.45, 2.75) is 20.4 Å². The predicted octanol–water partition coefficient (Wildman–Crippen LogP) is 3.18. The number of thiazole rings is 1. The number of carbonyl (C=O) groups is 2. The van der Waals surface area contributed by atoms with Crippen LogP contribution in [-0.2, 0) is 11.3 Å². The molecule has 142 valence electrons. The second-order valence-corrected chi connectivity index (χ2v) is 7.06. The average Bonchev–Trinajstić information content (AvgIpc) is 3.35. The van der Waals surface area contributed by atoms with Gasteiger partial charge in [0.1, 0.15) is 0 Å². The highest BCUT2D eigenvalue weighted by atomic mass is 32.1. The summed E-state index contributed by atoms with van der Waals surface area (Å²) in [5.74, 6) is -0.655. The zero-order valence-corrected chi connectivity index (χ0v) is 16.3. The lowest BCUT2D eigenvalue weighted by atomic mass is 10.1. The molecule has 7 nitrogen and oxygen atoms in total. The summed E-state index contributed by atoms with van der Waals surface area (Å²) in [6, 6.07) is 9.33. The third-order valence-electron chi connectivity index (χ3n) is 4.04. The summed E-state index contributed by atoms with van der Waals surface area (Å²) in [7, 11) is 0. The highest BCUT2D eigenvalue weighted by Gasteiger charge is 2.12. The summed E-state index contributed by atoms with van der Waals surface area (Å²) >= 11 is 1.29. The average molecular weight is 393 g/mol. The van der Waals surface area contributed by atoms with Gasteiger partial charge in [-0.1, -0.05) is 0 Å². The standard InChI is InChI=1S/C20H19N5O2S/c1-3-25-5-4-15(11-25)19(27)22-10-18(26)24-20-23-17(12-28-20)16-7-13(2)6-14(8-16)9-21/h4-8,11-12H,3,10H2,1-2H3,(H,22,27)(H,23,24,26). The Labute approximate surface area is 166 Å². The minimum atomic E-state index is -0.355. The molecule has 0 unspecified atom stereocenters. The molecule has 0 aliphatic rings. The Morgan fingerprint density at radius 1 is 1.32 bits per heavy atom. The summed E-state index contributed by atoms with van der Waals surface area (Å²) in [6.45, 7) is 4.52. The van der Waals surface area contributed by atoms with Gasteiger partial charge in [0.15, 0.2) is 5.13 Å². The molecule has 0 aliphatic heterocycles. The summed E-state index contributed by atoms with van der Waals surface area (Å²) in [4.78, 5) is 28.6. The number of hydrogen-bond donors (Lipinski definition) is 2. The van der Waals surface area contributed by atoms with E-state index in [4.69, 9.17) is 5.26 Å². The van der Waals surface area contributed by atoms with Crippen LogP contribution in [0.4, 0.5) is 5.13 Å². The lowest BCUT2D eigenvalue weighted by Crippen LogP contribution is -2.32. The molecule has 0 bridgehead atoms. The molecule has 0 atom stereocenters. The number of amides is 2. The van der Waals surface area contributed by atoms with Crippen molar-refractivity contribution < 1.29 is 9.59 Å². The summed E-state index contributed by atoms with van der Waals surface area (Å²) < 4.78 is 1.88. The van der Waals surface area contributed by atoms with Crippen molar-refractivity contribution in [1.82, 2.24) is 14.9 Å². The summed E-state index contributed by atoms with van der Waals surface area (Å²) in [5.41, 5.74) is 3.55. The van der Waals surface area contributed by atoms with Gasteiger partial charge in [0, 0.05) is 29.9 Å². The van der Waals surface area contributed by atoms with E-state index in [9.17, 15) is 9.59 Å². The summed E-state index contributed by atoms with van der Waals surface area (Å²) in [5, 5.41) is 16.6. The second kappa shape index (κ2) is 8.50.